The van der Waals surface area contributed by atoms with E-state index in [9.17, 15) is 9.18 Å². The molecule has 1 aliphatic heterocycles. The van der Waals surface area contributed by atoms with Gasteiger partial charge < -0.3 is 14.2 Å². The molecule has 0 N–H and O–H groups in total. The molecule has 1 saturated heterocycles. The van der Waals surface area contributed by atoms with Gasteiger partial charge in [0.1, 0.15) is 11.9 Å². The Kier molecular flexibility index (Phi) is 3.60. The van der Waals surface area contributed by atoms with E-state index in [-0.39, 0.29) is 30.0 Å². The standard InChI is InChI=1S/C15H15FN2O3/c1-10-6-11(21-17-10)7-15(19)18-8-12(9-18)20-14-5-3-2-4-13(14)16/h2-6,12H,7-9H2,1H3. The molecule has 0 aliphatic carbocycles. The van der Waals surface area contributed by atoms with Gasteiger partial charge in [0.05, 0.1) is 25.2 Å². The molecule has 1 aromatic heterocycles. The Morgan fingerprint density at radius 2 is 2.24 bits per heavy atom. The number of hydrogen-bond acceptors (Lipinski definition) is 4. The summed E-state index contributed by atoms with van der Waals surface area (Å²) in [5, 5.41) is 3.74. The van der Waals surface area contributed by atoms with Crippen LogP contribution in [0.3, 0.4) is 0 Å². The van der Waals surface area contributed by atoms with E-state index in [2.05, 4.69) is 5.16 Å². The second kappa shape index (κ2) is 5.55. The SMILES string of the molecule is Cc1cc(CC(=O)N2CC(Oc3ccccc3F)C2)on1. The molecule has 1 amide bonds. The van der Waals surface area contributed by atoms with Crippen molar-refractivity contribution in [1.29, 1.82) is 0 Å². The summed E-state index contributed by atoms with van der Waals surface area (Å²) in [6.45, 7) is 2.72. The molecule has 0 saturated carbocycles. The highest BCUT2D eigenvalue weighted by Gasteiger charge is 2.33. The summed E-state index contributed by atoms with van der Waals surface area (Å²) in [5.74, 6) is 0.343. The van der Waals surface area contributed by atoms with Crippen molar-refractivity contribution in [3.63, 3.8) is 0 Å². The van der Waals surface area contributed by atoms with Gasteiger partial charge in [0.15, 0.2) is 11.6 Å². The first-order chi connectivity index (χ1) is 10.1. The number of aromatic nitrogens is 1. The monoisotopic (exact) mass is 290 g/mol. The van der Waals surface area contributed by atoms with Crippen LogP contribution in [0.15, 0.2) is 34.9 Å². The maximum Gasteiger partial charge on any atom is 0.230 e. The van der Waals surface area contributed by atoms with E-state index >= 15 is 0 Å². The van der Waals surface area contributed by atoms with E-state index in [0.29, 0.717) is 18.8 Å². The van der Waals surface area contributed by atoms with Crippen LogP contribution in [0.1, 0.15) is 11.5 Å². The molecule has 2 heterocycles. The first-order valence-corrected chi connectivity index (χ1v) is 6.73. The zero-order chi connectivity index (χ0) is 14.8. The fraction of sp³-hybridized carbons (Fsp3) is 0.333. The minimum Gasteiger partial charge on any atom is -0.484 e. The molecule has 1 aliphatic rings. The molecule has 0 atom stereocenters. The smallest absolute Gasteiger partial charge is 0.230 e. The zero-order valence-electron chi connectivity index (χ0n) is 11.6. The average molecular weight is 290 g/mol. The number of amides is 1. The summed E-state index contributed by atoms with van der Waals surface area (Å²) in [6.07, 6.45) is 0.0232. The van der Waals surface area contributed by atoms with Crippen LogP contribution in [0.4, 0.5) is 4.39 Å². The van der Waals surface area contributed by atoms with Crippen LogP contribution in [0, 0.1) is 12.7 Å². The lowest BCUT2D eigenvalue weighted by atomic mass is 10.1. The van der Waals surface area contributed by atoms with Crippen LogP contribution >= 0.6 is 0 Å². The number of nitrogens with zero attached hydrogens (tertiary/aromatic N) is 2. The second-order valence-electron chi connectivity index (χ2n) is 5.08. The lowest BCUT2D eigenvalue weighted by Crippen LogP contribution is -2.56. The fourth-order valence-corrected chi connectivity index (χ4v) is 2.20. The summed E-state index contributed by atoms with van der Waals surface area (Å²) in [7, 11) is 0. The predicted octanol–water partition coefficient (Wildman–Crippen LogP) is 1.95. The molecule has 1 aromatic carbocycles. The molecule has 110 valence electrons. The van der Waals surface area contributed by atoms with Gasteiger partial charge in [0.2, 0.25) is 5.91 Å². The average Bonchev–Trinajstić information content (AvgIpc) is 2.80. The molecule has 6 heteroatoms. The first-order valence-electron chi connectivity index (χ1n) is 6.73. The quantitative estimate of drug-likeness (QED) is 0.863. The normalized spacial score (nSPS) is 14.9. The highest BCUT2D eigenvalue weighted by atomic mass is 19.1. The number of rotatable bonds is 4. The Morgan fingerprint density at radius 3 is 2.90 bits per heavy atom. The van der Waals surface area contributed by atoms with E-state index in [1.807, 2.05) is 0 Å². The highest BCUT2D eigenvalue weighted by molar-refractivity contribution is 5.79. The summed E-state index contributed by atoms with van der Waals surface area (Å²) in [5.41, 5.74) is 0.752. The first kappa shape index (κ1) is 13.6. The van der Waals surface area contributed by atoms with Crippen LogP contribution in [0.2, 0.25) is 0 Å². The lowest BCUT2D eigenvalue weighted by Gasteiger charge is -2.38. The summed E-state index contributed by atoms with van der Waals surface area (Å²) >= 11 is 0. The van der Waals surface area contributed by atoms with Crippen molar-refractivity contribution in [2.45, 2.75) is 19.4 Å². The van der Waals surface area contributed by atoms with Gasteiger partial charge in [-0.15, -0.1) is 0 Å². The lowest BCUT2D eigenvalue weighted by molar-refractivity contribution is -0.139. The maximum absolute atomic E-state index is 13.4. The number of carbonyl (C=O) groups is 1. The van der Waals surface area contributed by atoms with Crippen LogP contribution in [0.25, 0.3) is 0 Å². The molecule has 21 heavy (non-hydrogen) atoms. The predicted molar refractivity (Wildman–Crippen MR) is 72.3 cm³/mol. The van der Waals surface area contributed by atoms with Crippen LogP contribution in [-0.2, 0) is 11.2 Å². The van der Waals surface area contributed by atoms with Crippen molar-refractivity contribution in [1.82, 2.24) is 10.1 Å². The van der Waals surface area contributed by atoms with Gasteiger partial charge in [-0.05, 0) is 19.1 Å². The van der Waals surface area contributed by atoms with Crippen LogP contribution < -0.4 is 4.74 Å². The van der Waals surface area contributed by atoms with E-state index < -0.39 is 0 Å². The molecule has 1 fully saturated rings. The number of benzene rings is 1. The van der Waals surface area contributed by atoms with Gasteiger partial charge in [-0.1, -0.05) is 17.3 Å². The molecule has 5 nitrogen and oxygen atoms in total. The number of para-hydroxylation sites is 1. The molecule has 0 radical (unpaired) electrons. The number of likely N-dealkylation sites (tertiary alicyclic amines) is 1. The number of ether oxygens (including phenoxy) is 1. The maximum atomic E-state index is 13.4. The highest BCUT2D eigenvalue weighted by Crippen LogP contribution is 2.21. The van der Waals surface area contributed by atoms with Crippen LogP contribution in [0.5, 0.6) is 5.75 Å². The van der Waals surface area contributed by atoms with Gasteiger partial charge in [0.25, 0.3) is 0 Å². The van der Waals surface area contributed by atoms with Crippen molar-refractivity contribution in [2.75, 3.05) is 13.1 Å². The molecule has 2 aromatic rings. The van der Waals surface area contributed by atoms with Gasteiger partial charge >= 0.3 is 0 Å². The van der Waals surface area contributed by atoms with Gasteiger partial charge in [0, 0.05) is 6.07 Å². The minimum absolute atomic E-state index is 0.0421. The number of carbonyl (C=O) groups excluding carboxylic acids is 1. The molecular weight excluding hydrogens is 275 g/mol. The third-order valence-corrected chi connectivity index (χ3v) is 3.33. The number of aryl methyl sites for hydroxylation is 1. The largest absolute Gasteiger partial charge is 0.484 e. The molecule has 3 rings (SSSR count). The minimum atomic E-state index is -0.389. The third kappa shape index (κ3) is 3.04. The van der Waals surface area contributed by atoms with Crippen molar-refractivity contribution in [2.24, 2.45) is 0 Å². The van der Waals surface area contributed by atoms with Crippen molar-refractivity contribution < 1.29 is 18.4 Å². The summed E-state index contributed by atoms with van der Waals surface area (Å²) in [6, 6.07) is 8.00. The van der Waals surface area contributed by atoms with E-state index in [4.69, 9.17) is 9.26 Å². The zero-order valence-corrected chi connectivity index (χ0v) is 11.6. The van der Waals surface area contributed by atoms with Gasteiger partial charge in [-0.2, -0.15) is 0 Å². The Labute approximate surface area is 121 Å². The summed E-state index contributed by atoms with van der Waals surface area (Å²) < 4.78 is 24.0. The van der Waals surface area contributed by atoms with Crippen molar-refractivity contribution in [3.05, 3.63) is 47.6 Å². The Morgan fingerprint density at radius 1 is 1.48 bits per heavy atom. The van der Waals surface area contributed by atoms with E-state index in [0.717, 1.165) is 5.69 Å². The van der Waals surface area contributed by atoms with Crippen LogP contribution in [-0.4, -0.2) is 35.2 Å². The number of halogens is 1. The molecular formula is C15H15FN2O3. The van der Waals surface area contributed by atoms with E-state index in [1.54, 1.807) is 36.1 Å². The summed E-state index contributed by atoms with van der Waals surface area (Å²) in [4.78, 5) is 13.6. The molecule has 0 unspecified atom stereocenters. The topological polar surface area (TPSA) is 55.6 Å². The fourth-order valence-electron chi connectivity index (χ4n) is 2.20. The van der Waals surface area contributed by atoms with Gasteiger partial charge in [-0.25, -0.2) is 4.39 Å². The van der Waals surface area contributed by atoms with Gasteiger partial charge in [-0.3, -0.25) is 4.79 Å². The Balaban J connectivity index is 1.49. The van der Waals surface area contributed by atoms with Crippen molar-refractivity contribution in [3.8, 4) is 5.75 Å². The van der Waals surface area contributed by atoms with Crippen molar-refractivity contribution >= 4 is 5.91 Å². The molecule has 0 spiro atoms. The second-order valence-corrected chi connectivity index (χ2v) is 5.08. The van der Waals surface area contributed by atoms with E-state index in [1.165, 1.54) is 6.07 Å². The number of hydrogen-bond donors (Lipinski definition) is 0. The Bertz CT molecular complexity index is 650. The molecule has 0 bridgehead atoms. The Hall–Kier alpha value is -2.37. The third-order valence-electron chi connectivity index (χ3n) is 3.33.